The molecule has 0 unspecified atom stereocenters. The molecule has 0 amide bonds. The van der Waals surface area contributed by atoms with Crippen LogP contribution in [0, 0.1) is 0 Å². The molecule has 0 radical (unpaired) electrons. The van der Waals surface area contributed by atoms with E-state index < -0.39 is 0 Å². The minimum Gasteiger partial charge on any atom is -0.290 e. The van der Waals surface area contributed by atoms with E-state index in [0.717, 1.165) is 184 Å². The van der Waals surface area contributed by atoms with Crippen molar-refractivity contribution in [1.29, 1.82) is 0 Å². The number of hydrogen-bond donors (Lipinski definition) is 0. The molecule has 0 N–H and O–H groups in total. The molecule has 0 fully saturated rings. The Hall–Kier alpha value is -18.3. The standard InChI is InChI=1S/4C31H18N4/c1-2-6-18-17(5-1)15-23-19(18)9-10-20-21-11-12-26-30(25(21)16-24(20)23)35-27-8-4-14-33-29(27)28-22(31(35)34-26)7-3-13-32-28;1-2-6-18-17(5-1)15-23-19(18)9-10-20-21-11-12-26-30(25(21)16-24(20)23)35-27-8-4-14-32-28(27)22-7-3-13-33-29(22)31(35)34-26;1-2-5-18-17(4-1)14-23-19(18)7-8-20-21-9-10-27-30(25(21)15-24(20)23)35-28-6-3-12-33-29(28)26-16-32-13-11-22(26)31(35)34-27;1-2-5-18-17(4-1)14-23-19(18)7-8-20-21-9-10-27-30(25(21)15-24(20)23)35-28-6-3-12-33-29(28)22-11-13-32-16-26(22)31(35)34-27/h2*1-14H,15-16H2;2*1-13,16H,14-15H2. The third-order valence-corrected chi connectivity index (χ3v) is 32.0. The highest BCUT2D eigenvalue weighted by atomic mass is 15.1. The average molecular weight is 1790 g/mol. The lowest BCUT2D eigenvalue weighted by Gasteiger charge is -2.09. The van der Waals surface area contributed by atoms with Crippen LogP contribution in [0.1, 0.15) is 89.0 Å². The molecule has 8 aliphatic carbocycles. The second-order valence-corrected chi connectivity index (χ2v) is 38.6. The molecule has 0 aliphatic heterocycles. The Balaban J connectivity index is 0.0000000829. The predicted molar refractivity (Wildman–Crippen MR) is 559 cm³/mol. The number of nitrogens with zero attached hydrogens (tertiary/aromatic N) is 16. The Labute approximate surface area is 796 Å². The minimum absolute atomic E-state index is 0.899. The molecule has 648 valence electrons. The minimum atomic E-state index is 0.899. The highest BCUT2D eigenvalue weighted by molar-refractivity contribution is 6.17. The smallest absolute Gasteiger partial charge is 0.165 e. The lowest BCUT2D eigenvalue weighted by molar-refractivity contribution is 1.16. The van der Waals surface area contributed by atoms with Crippen LogP contribution in [0.3, 0.4) is 0 Å². The number of hydrogen-bond acceptors (Lipinski definition) is 12. The number of pyridine rings is 12. The third-order valence-electron chi connectivity index (χ3n) is 32.0. The first-order valence-corrected chi connectivity index (χ1v) is 48.2. The van der Waals surface area contributed by atoms with Crippen LogP contribution >= 0.6 is 0 Å². The van der Waals surface area contributed by atoms with Gasteiger partial charge in [-0.3, -0.25) is 57.5 Å². The topological polar surface area (TPSA) is 172 Å². The fourth-order valence-corrected chi connectivity index (χ4v) is 26.1. The molecular weight excluding hydrogens is 1710 g/mol. The molecule has 8 aliphatic rings. The largest absolute Gasteiger partial charge is 0.290 e. The quantitative estimate of drug-likeness (QED) is 0.132. The lowest BCUT2D eigenvalue weighted by Crippen LogP contribution is -1.96. The fraction of sp³-hybridized carbons (Fsp3) is 0.0645. The highest BCUT2D eigenvalue weighted by Gasteiger charge is 2.38. The summed E-state index contributed by atoms with van der Waals surface area (Å²) >= 11 is 0. The summed E-state index contributed by atoms with van der Waals surface area (Å²) in [6, 6.07) is 101. The van der Waals surface area contributed by atoms with Crippen molar-refractivity contribution in [2.45, 2.75) is 51.4 Å². The predicted octanol–water partition coefficient (Wildman–Crippen LogP) is 26.9. The van der Waals surface area contributed by atoms with Crippen molar-refractivity contribution >= 4 is 154 Å². The van der Waals surface area contributed by atoms with Gasteiger partial charge in [-0.05, 0) is 313 Å². The molecular formula is C124H72N16. The SMILES string of the molecule is c1ccc2c(c1)Cc1c-2ccc2c1Cc1c-2ccc2nc3c4cccnc4c4ncccc4n3c12.c1ccc2c(c1)Cc1c-2ccc2c1Cc1c-2ccc2nc3c4ccncc4c4ncccc4n3c12.c1ccc2c(c1)Cc1c-2ccc2c1Cc1c-2ccc2nc3c4cnccc4c4ncccc4n3c12.c1ccc2c(c1)Cc1c-2ccc2c1Cc1c-2ccc2nc3c4ncccc4c4ncccc4n3c12. The summed E-state index contributed by atoms with van der Waals surface area (Å²) in [6.45, 7) is 0. The lowest BCUT2D eigenvalue weighted by atomic mass is 9.96. The molecule has 12 aromatic carbocycles. The molecule has 0 spiro atoms. The van der Waals surface area contributed by atoms with Gasteiger partial charge in [-0.15, -0.1) is 0 Å². The number of imidazole rings is 4. The van der Waals surface area contributed by atoms with Gasteiger partial charge in [0.05, 0.1) is 82.8 Å². The molecule has 16 aromatic heterocycles. The summed E-state index contributed by atoms with van der Waals surface area (Å²) in [5, 5.41) is 6.34. The van der Waals surface area contributed by atoms with Crippen molar-refractivity contribution in [3.63, 3.8) is 0 Å². The van der Waals surface area contributed by atoms with Crippen molar-refractivity contribution < 1.29 is 0 Å². The van der Waals surface area contributed by atoms with Crippen LogP contribution in [-0.2, 0) is 51.4 Å². The molecule has 28 aromatic rings. The average Bonchev–Trinajstić information content (AvgIpc) is 1.55. The fourth-order valence-electron chi connectivity index (χ4n) is 26.1. The first kappa shape index (κ1) is 75.1. The van der Waals surface area contributed by atoms with Gasteiger partial charge in [-0.25, -0.2) is 19.9 Å². The monoisotopic (exact) mass is 1780 g/mol. The summed E-state index contributed by atoms with van der Waals surface area (Å²) in [5.41, 5.74) is 67.5. The van der Waals surface area contributed by atoms with E-state index in [9.17, 15) is 0 Å². The molecule has 36 rings (SSSR count). The summed E-state index contributed by atoms with van der Waals surface area (Å²) < 4.78 is 9.27. The van der Waals surface area contributed by atoms with Crippen LogP contribution in [0.25, 0.3) is 243 Å². The van der Waals surface area contributed by atoms with Gasteiger partial charge >= 0.3 is 0 Å². The molecule has 16 heterocycles. The Morgan fingerprint density at radius 1 is 0.164 bits per heavy atom. The number of fused-ring (bicyclic) bond motifs is 64. The van der Waals surface area contributed by atoms with Gasteiger partial charge in [0.1, 0.15) is 33.5 Å². The maximum atomic E-state index is 5.15. The normalized spacial score (nSPS) is 13.5. The van der Waals surface area contributed by atoms with Gasteiger partial charge in [-0.1, -0.05) is 170 Å². The van der Waals surface area contributed by atoms with Crippen LogP contribution in [0.2, 0.25) is 0 Å². The van der Waals surface area contributed by atoms with Crippen LogP contribution in [-0.4, -0.2) is 77.4 Å². The van der Waals surface area contributed by atoms with Gasteiger partial charge < -0.3 is 0 Å². The van der Waals surface area contributed by atoms with E-state index in [1.54, 1.807) is 0 Å². The van der Waals surface area contributed by atoms with Crippen molar-refractivity contribution in [3.05, 3.63) is 430 Å². The molecule has 0 saturated carbocycles. The van der Waals surface area contributed by atoms with Crippen LogP contribution < -0.4 is 0 Å². The summed E-state index contributed by atoms with van der Waals surface area (Å²) in [4.78, 5) is 57.8. The Morgan fingerprint density at radius 2 is 0.436 bits per heavy atom. The van der Waals surface area contributed by atoms with E-state index in [0.29, 0.717) is 0 Å². The molecule has 0 bridgehead atoms. The Kier molecular flexibility index (Phi) is 14.9. The zero-order valence-electron chi connectivity index (χ0n) is 75.1. The van der Waals surface area contributed by atoms with Gasteiger partial charge in [0.25, 0.3) is 0 Å². The van der Waals surface area contributed by atoms with E-state index in [1.807, 2.05) is 104 Å². The summed E-state index contributed by atoms with van der Waals surface area (Å²) in [5.74, 6) is 0. The maximum Gasteiger partial charge on any atom is 0.165 e. The van der Waals surface area contributed by atoms with E-state index in [2.05, 4.69) is 269 Å². The van der Waals surface area contributed by atoms with Gasteiger partial charge in [0.2, 0.25) is 0 Å². The van der Waals surface area contributed by atoms with Gasteiger partial charge in [-0.2, -0.15) is 0 Å². The van der Waals surface area contributed by atoms with Crippen LogP contribution in [0.4, 0.5) is 0 Å². The van der Waals surface area contributed by atoms with E-state index in [1.165, 1.54) is 200 Å². The van der Waals surface area contributed by atoms with E-state index >= 15 is 0 Å². The Bertz CT molecular complexity index is 9460. The van der Waals surface area contributed by atoms with Crippen LogP contribution in [0.5, 0.6) is 0 Å². The molecule has 0 saturated heterocycles. The molecule has 0 atom stereocenters. The summed E-state index contributed by atoms with van der Waals surface area (Å²) in [6.07, 6.45) is 26.4. The number of aromatic nitrogens is 16. The van der Waals surface area contributed by atoms with Crippen LogP contribution in [0.15, 0.2) is 341 Å². The van der Waals surface area contributed by atoms with Crippen molar-refractivity contribution in [1.82, 2.24) is 77.4 Å². The molecule has 16 heteroatoms. The number of rotatable bonds is 0. The maximum absolute atomic E-state index is 5.15. The third kappa shape index (κ3) is 10.1. The van der Waals surface area contributed by atoms with Crippen molar-refractivity contribution in [2.24, 2.45) is 0 Å². The van der Waals surface area contributed by atoms with E-state index in [4.69, 9.17) is 44.9 Å². The second kappa shape index (κ2) is 27.7. The zero-order chi connectivity index (χ0) is 90.7. The number of benzene rings is 12. The first-order chi connectivity index (χ1) is 69.5. The second-order valence-electron chi connectivity index (χ2n) is 38.6. The molecule has 16 nitrogen and oxygen atoms in total. The van der Waals surface area contributed by atoms with Gasteiger partial charge in [0, 0.05) is 120 Å². The highest BCUT2D eigenvalue weighted by Crippen LogP contribution is 2.55. The van der Waals surface area contributed by atoms with E-state index in [-0.39, 0.29) is 0 Å². The molecule has 140 heavy (non-hydrogen) atoms. The van der Waals surface area contributed by atoms with Crippen molar-refractivity contribution in [3.8, 4) is 89.0 Å². The summed E-state index contributed by atoms with van der Waals surface area (Å²) in [7, 11) is 0. The Morgan fingerprint density at radius 3 is 0.843 bits per heavy atom. The van der Waals surface area contributed by atoms with Crippen molar-refractivity contribution in [2.75, 3.05) is 0 Å². The first-order valence-electron chi connectivity index (χ1n) is 48.2. The zero-order valence-corrected chi connectivity index (χ0v) is 75.1. The van der Waals surface area contributed by atoms with Gasteiger partial charge in [0.15, 0.2) is 5.65 Å².